The van der Waals surface area contributed by atoms with Crippen molar-refractivity contribution in [2.24, 2.45) is 9.74 Å². The molecule has 0 aliphatic carbocycles. The number of benzene rings is 2. The molecule has 7 nitrogen and oxygen atoms in total. The number of nitrogens with zero attached hydrogens (tertiary/aromatic N) is 4. The van der Waals surface area contributed by atoms with Crippen LogP contribution in [0.3, 0.4) is 0 Å². The van der Waals surface area contributed by atoms with Gasteiger partial charge in [0.15, 0.2) is 7.36 Å². The van der Waals surface area contributed by atoms with Crippen LogP contribution in [-0.2, 0) is 9.47 Å². The summed E-state index contributed by atoms with van der Waals surface area (Å²) < 4.78 is 21.9. The molecule has 176 valence electrons. The van der Waals surface area contributed by atoms with Crippen LogP contribution in [0.4, 0.5) is 10.7 Å². The fourth-order valence-electron chi connectivity index (χ4n) is 4.20. The normalized spacial score (nSPS) is 20.4. The predicted octanol–water partition coefficient (Wildman–Crippen LogP) is 5.64. The minimum Gasteiger partial charge on any atom is -0.465 e. The highest BCUT2D eigenvalue weighted by molar-refractivity contribution is 9.10. The molecule has 5 rings (SSSR count). The lowest BCUT2D eigenvalue weighted by molar-refractivity contribution is 0.0606. The summed E-state index contributed by atoms with van der Waals surface area (Å²) in [5.41, 5.74) is 1.88. The van der Waals surface area contributed by atoms with Gasteiger partial charge < -0.3 is 14.1 Å². The maximum absolute atomic E-state index is 12.5. The van der Waals surface area contributed by atoms with E-state index >= 15 is 0 Å². The van der Waals surface area contributed by atoms with Crippen molar-refractivity contribution in [3.8, 4) is 0 Å². The molecule has 2 aliphatic heterocycles. The number of fused-ring (bicyclic) bond motifs is 1. The van der Waals surface area contributed by atoms with Crippen molar-refractivity contribution >= 4 is 62.4 Å². The molecule has 0 spiro atoms. The van der Waals surface area contributed by atoms with E-state index in [1.54, 1.807) is 0 Å². The highest BCUT2D eigenvalue weighted by Gasteiger charge is 2.43. The second-order valence-electron chi connectivity index (χ2n) is 7.83. The maximum Gasteiger partial charge on any atom is 0.348 e. The maximum atomic E-state index is 12.5. The van der Waals surface area contributed by atoms with E-state index in [2.05, 4.69) is 44.5 Å². The summed E-state index contributed by atoms with van der Waals surface area (Å²) in [7, 11) is 0.904. The number of aliphatic imine (C=N–C) groups is 1. The standard InChI is InChI=1S/C24H24BrN4O3PS/c1-28-22(17-6-4-3-5-7-17)26-23-20(16-21(34-23)24(30)31-2)33(28,29-12-14-32-15-13-29)27-19-10-8-18(25)9-11-19/h3-11,16H,12-15H2,1-2H3. The van der Waals surface area contributed by atoms with E-state index in [9.17, 15) is 4.79 Å². The van der Waals surface area contributed by atoms with Crippen LogP contribution >= 0.6 is 34.6 Å². The smallest absolute Gasteiger partial charge is 0.348 e. The molecule has 0 bridgehead atoms. The summed E-state index contributed by atoms with van der Waals surface area (Å²) >= 11 is 4.89. The summed E-state index contributed by atoms with van der Waals surface area (Å²) in [4.78, 5) is 18.1. The lowest BCUT2D eigenvalue weighted by Crippen LogP contribution is -2.45. The highest BCUT2D eigenvalue weighted by atomic mass is 79.9. The quantitative estimate of drug-likeness (QED) is 0.306. The van der Waals surface area contributed by atoms with Gasteiger partial charge in [-0.25, -0.2) is 19.2 Å². The molecule has 10 heteroatoms. The van der Waals surface area contributed by atoms with Crippen LogP contribution in [0, 0.1) is 0 Å². The molecule has 0 radical (unpaired) electrons. The molecule has 2 aliphatic rings. The van der Waals surface area contributed by atoms with Crippen molar-refractivity contribution in [1.29, 1.82) is 0 Å². The molecule has 1 aromatic heterocycles. The molecule has 0 amide bonds. The Morgan fingerprint density at radius 1 is 1.15 bits per heavy atom. The Labute approximate surface area is 211 Å². The lowest BCUT2D eigenvalue weighted by Gasteiger charge is -2.46. The summed E-state index contributed by atoms with van der Waals surface area (Å²) in [6.07, 6.45) is 0. The molecule has 0 N–H and O–H groups in total. The first kappa shape index (κ1) is 23.5. The molecule has 1 unspecified atom stereocenters. The topological polar surface area (TPSA) is 66.7 Å². The zero-order valence-electron chi connectivity index (χ0n) is 18.8. The van der Waals surface area contributed by atoms with Gasteiger partial charge in [0.1, 0.15) is 15.7 Å². The Morgan fingerprint density at radius 2 is 1.85 bits per heavy atom. The molecule has 1 fully saturated rings. The van der Waals surface area contributed by atoms with Crippen molar-refractivity contribution in [2.75, 3.05) is 40.5 Å². The zero-order chi connectivity index (χ0) is 23.7. The van der Waals surface area contributed by atoms with E-state index in [1.165, 1.54) is 18.4 Å². The highest BCUT2D eigenvalue weighted by Crippen LogP contribution is 2.62. The van der Waals surface area contributed by atoms with Gasteiger partial charge in [0, 0.05) is 30.2 Å². The molecule has 1 atom stereocenters. The Bertz CT molecular complexity index is 1290. The number of methoxy groups -OCH3 is 1. The number of carbonyl (C=O) groups is 1. The molecule has 3 heterocycles. The molecule has 34 heavy (non-hydrogen) atoms. The van der Waals surface area contributed by atoms with Crippen LogP contribution in [0.5, 0.6) is 0 Å². The van der Waals surface area contributed by atoms with Gasteiger partial charge in [-0.3, -0.25) is 0 Å². The summed E-state index contributed by atoms with van der Waals surface area (Å²) in [5.74, 6) is 0.481. The van der Waals surface area contributed by atoms with Gasteiger partial charge in [-0.15, -0.1) is 11.3 Å². The van der Waals surface area contributed by atoms with Crippen LogP contribution in [0.2, 0.25) is 0 Å². The third kappa shape index (κ3) is 4.16. The Kier molecular flexibility index (Phi) is 6.73. The van der Waals surface area contributed by atoms with Crippen LogP contribution in [0.15, 0.2) is 74.9 Å². The van der Waals surface area contributed by atoms with Gasteiger partial charge in [-0.1, -0.05) is 46.3 Å². The summed E-state index contributed by atoms with van der Waals surface area (Å²) in [5, 5.41) is 1.78. The van der Waals surface area contributed by atoms with Crippen molar-refractivity contribution in [2.45, 2.75) is 0 Å². The number of halogens is 1. The second kappa shape index (κ2) is 9.76. The first-order chi connectivity index (χ1) is 16.5. The number of thiophene rings is 1. The van der Waals surface area contributed by atoms with E-state index in [0.29, 0.717) is 18.1 Å². The van der Waals surface area contributed by atoms with Gasteiger partial charge >= 0.3 is 5.97 Å². The molecular weight excluding hydrogens is 535 g/mol. The third-order valence-corrected chi connectivity index (χ3v) is 11.2. The molecular formula is C24H24BrN4O3PS. The Morgan fingerprint density at radius 3 is 2.53 bits per heavy atom. The Hall–Kier alpha value is -2.29. The largest absolute Gasteiger partial charge is 0.465 e. The van der Waals surface area contributed by atoms with E-state index < -0.39 is 7.36 Å². The predicted molar refractivity (Wildman–Crippen MR) is 141 cm³/mol. The van der Waals surface area contributed by atoms with Crippen molar-refractivity contribution in [3.05, 3.63) is 75.6 Å². The number of carbonyl (C=O) groups excluding carboxylic acids is 1. The number of esters is 1. The van der Waals surface area contributed by atoms with E-state index in [1.807, 2.05) is 48.5 Å². The van der Waals surface area contributed by atoms with E-state index in [-0.39, 0.29) is 5.97 Å². The first-order valence-electron chi connectivity index (χ1n) is 10.8. The van der Waals surface area contributed by atoms with Gasteiger partial charge in [0.05, 0.1) is 31.3 Å². The van der Waals surface area contributed by atoms with Crippen LogP contribution in [0.25, 0.3) is 0 Å². The third-order valence-electron chi connectivity index (χ3n) is 5.83. The minimum atomic E-state index is -2.57. The number of hydrogen-bond acceptors (Lipinski definition) is 6. The van der Waals surface area contributed by atoms with Gasteiger partial charge in [-0.05, 0) is 30.3 Å². The Balaban J connectivity index is 1.81. The average molecular weight is 559 g/mol. The number of hydrogen-bond donors (Lipinski definition) is 0. The van der Waals surface area contributed by atoms with Gasteiger partial charge in [-0.2, -0.15) is 0 Å². The number of rotatable bonds is 4. The fourth-order valence-corrected chi connectivity index (χ4v) is 9.49. The minimum absolute atomic E-state index is 0.359. The first-order valence-corrected chi connectivity index (χ1v) is 14.1. The number of morpholine rings is 1. The van der Waals surface area contributed by atoms with Crippen molar-refractivity contribution in [3.63, 3.8) is 0 Å². The summed E-state index contributed by atoms with van der Waals surface area (Å²) in [6, 6.07) is 20.1. The lowest BCUT2D eigenvalue weighted by atomic mass is 10.2. The summed E-state index contributed by atoms with van der Waals surface area (Å²) in [6.45, 7) is 2.74. The second-order valence-corrected chi connectivity index (χ2v) is 12.8. The number of ether oxygens (including phenoxy) is 2. The van der Waals surface area contributed by atoms with Crippen LogP contribution < -0.4 is 5.30 Å². The molecule has 1 saturated heterocycles. The fraction of sp³-hybridized carbons (Fsp3) is 0.250. The molecule has 3 aromatic rings. The van der Waals surface area contributed by atoms with Crippen molar-refractivity contribution in [1.82, 2.24) is 9.34 Å². The van der Waals surface area contributed by atoms with Gasteiger partial charge in [0.25, 0.3) is 0 Å². The molecule has 2 aromatic carbocycles. The molecule has 0 saturated carbocycles. The van der Waals surface area contributed by atoms with Gasteiger partial charge in [0.2, 0.25) is 0 Å². The average Bonchev–Trinajstić information content (AvgIpc) is 3.32. The van der Waals surface area contributed by atoms with Crippen molar-refractivity contribution < 1.29 is 14.3 Å². The zero-order valence-corrected chi connectivity index (χ0v) is 22.1. The monoisotopic (exact) mass is 558 g/mol. The van der Waals surface area contributed by atoms with Crippen LogP contribution in [0.1, 0.15) is 15.2 Å². The van der Waals surface area contributed by atoms with E-state index in [0.717, 1.165) is 45.0 Å². The SMILES string of the molecule is COC(=O)c1cc2c(s1)N=C(c1ccccc1)N(C)P2(=Nc1ccc(Br)cc1)N1CCOCC1. The number of amidine groups is 1. The van der Waals surface area contributed by atoms with Crippen LogP contribution in [-0.4, -0.2) is 61.6 Å². The van der Waals surface area contributed by atoms with E-state index in [4.69, 9.17) is 19.2 Å².